The molecule has 2 rings (SSSR count). The molecule has 2 aliphatic heterocycles. The van der Waals surface area contributed by atoms with Crippen molar-refractivity contribution in [2.75, 3.05) is 26.7 Å². The maximum absolute atomic E-state index is 12.9. The summed E-state index contributed by atoms with van der Waals surface area (Å²) < 4.78 is 31.0. The van der Waals surface area contributed by atoms with E-state index in [1.807, 2.05) is 0 Å². The largest absolute Gasteiger partial charge is 0.380 e. The molecule has 2 aliphatic rings. The van der Waals surface area contributed by atoms with Gasteiger partial charge in [-0.05, 0) is 6.42 Å². The highest BCUT2D eigenvalue weighted by Crippen LogP contribution is 2.26. The van der Waals surface area contributed by atoms with Crippen LogP contribution in [0.1, 0.15) is 12.8 Å². The van der Waals surface area contributed by atoms with Crippen molar-refractivity contribution in [2.24, 2.45) is 0 Å². The van der Waals surface area contributed by atoms with Crippen molar-refractivity contribution in [2.45, 2.75) is 30.9 Å². The number of hydrogen-bond acceptors (Lipinski definition) is 3. The fourth-order valence-electron chi connectivity index (χ4n) is 2.23. The second-order valence-electron chi connectivity index (χ2n) is 4.42. The zero-order valence-corrected chi connectivity index (χ0v) is 9.21. The Morgan fingerprint density at radius 2 is 2.31 bits per heavy atom. The van der Waals surface area contributed by atoms with Gasteiger partial charge in [0.05, 0.1) is 18.7 Å². The summed E-state index contributed by atoms with van der Waals surface area (Å²) in [7, 11) is 1.60. The van der Waals surface area contributed by atoms with Crippen LogP contribution in [0.15, 0.2) is 0 Å². The Hall–Kier alpha value is -0.750. The second kappa shape index (κ2) is 4.25. The van der Waals surface area contributed by atoms with Crippen LogP contribution in [0, 0.1) is 0 Å². The maximum atomic E-state index is 12.9. The molecule has 2 heterocycles. The number of carbonyl (C=O) groups excluding carboxylic acids is 1. The molecular weight excluding hydrogens is 218 g/mol. The lowest BCUT2D eigenvalue weighted by Gasteiger charge is -2.20. The van der Waals surface area contributed by atoms with Crippen molar-refractivity contribution in [3.63, 3.8) is 0 Å². The van der Waals surface area contributed by atoms with Crippen LogP contribution in [-0.2, 0) is 9.53 Å². The Labute approximate surface area is 92.9 Å². The first-order chi connectivity index (χ1) is 7.52. The molecule has 1 unspecified atom stereocenters. The molecule has 92 valence electrons. The molecule has 1 N–H and O–H groups in total. The molecule has 0 aliphatic carbocycles. The van der Waals surface area contributed by atoms with Crippen molar-refractivity contribution in [1.82, 2.24) is 10.2 Å². The molecular formula is C10H16F2N2O2. The number of ether oxygens (including phenoxy) is 1. The number of alkyl halides is 2. The van der Waals surface area contributed by atoms with Crippen LogP contribution in [0.2, 0.25) is 0 Å². The van der Waals surface area contributed by atoms with Crippen LogP contribution in [-0.4, -0.2) is 55.6 Å². The van der Waals surface area contributed by atoms with Gasteiger partial charge >= 0.3 is 0 Å². The molecule has 0 aromatic rings. The fourth-order valence-corrected chi connectivity index (χ4v) is 2.23. The van der Waals surface area contributed by atoms with E-state index < -0.39 is 18.5 Å². The summed E-state index contributed by atoms with van der Waals surface area (Å²) in [6.45, 7) is 0.713. The molecule has 0 radical (unpaired) electrons. The molecule has 4 nitrogen and oxygen atoms in total. The summed E-state index contributed by atoms with van der Waals surface area (Å²) in [5, 5.41) is 2.57. The number of halogens is 2. The lowest BCUT2D eigenvalue weighted by Crippen LogP contribution is -2.42. The molecule has 0 aromatic heterocycles. The average molecular weight is 234 g/mol. The van der Waals surface area contributed by atoms with Gasteiger partial charge in [0.1, 0.15) is 0 Å². The van der Waals surface area contributed by atoms with Crippen LogP contribution < -0.4 is 5.32 Å². The molecule has 16 heavy (non-hydrogen) atoms. The van der Waals surface area contributed by atoms with Crippen molar-refractivity contribution >= 4 is 5.91 Å². The quantitative estimate of drug-likeness (QED) is 0.743. The van der Waals surface area contributed by atoms with Gasteiger partial charge in [0.15, 0.2) is 0 Å². The first kappa shape index (κ1) is 11.7. The Kier molecular flexibility index (Phi) is 3.12. The van der Waals surface area contributed by atoms with Gasteiger partial charge in [-0.15, -0.1) is 0 Å². The van der Waals surface area contributed by atoms with E-state index in [4.69, 9.17) is 4.74 Å². The third-order valence-electron chi connectivity index (χ3n) is 3.20. The minimum atomic E-state index is -2.75. The summed E-state index contributed by atoms with van der Waals surface area (Å²) in [4.78, 5) is 13.5. The highest BCUT2D eigenvalue weighted by molar-refractivity contribution is 5.82. The van der Waals surface area contributed by atoms with Gasteiger partial charge in [0.25, 0.3) is 5.92 Å². The van der Waals surface area contributed by atoms with Crippen molar-refractivity contribution in [1.29, 1.82) is 0 Å². The van der Waals surface area contributed by atoms with Gasteiger partial charge in [-0.3, -0.25) is 10.1 Å². The number of amides is 1. The van der Waals surface area contributed by atoms with E-state index in [2.05, 4.69) is 5.32 Å². The Bertz CT molecular complexity index is 286. The predicted octanol–water partition coefficient (Wildman–Crippen LogP) is 0.231. The Morgan fingerprint density at radius 1 is 1.56 bits per heavy atom. The number of hydrogen-bond donors (Lipinski definition) is 1. The molecule has 0 aromatic carbocycles. The molecule has 1 amide bonds. The van der Waals surface area contributed by atoms with Crippen LogP contribution in [0.25, 0.3) is 0 Å². The van der Waals surface area contributed by atoms with E-state index in [0.717, 1.165) is 6.42 Å². The third-order valence-corrected chi connectivity index (χ3v) is 3.20. The average Bonchev–Trinajstić information content (AvgIpc) is 2.83. The maximum Gasteiger partial charge on any atom is 0.262 e. The normalized spacial score (nSPS) is 33.3. The Morgan fingerprint density at radius 3 is 2.81 bits per heavy atom. The van der Waals surface area contributed by atoms with E-state index >= 15 is 0 Å². The lowest BCUT2D eigenvalue weighted by atomic mass is 10.2. The number of rotatable bonds is 2. The number of nitrogens with one attached hydrogen (secondary N) is 1. The van der Waals surface area contributed by atoms with Gasteiger partial charge in [0.2, 0.25) is 5.91 Å². The highest BCUT2D eigenvalue weighted by Gasteiger charge is 2.44. The van der Waals surface area contributed by atoms with E-state index in [1.165, 1.54) is 0 Å². The second-order valence-corrected chi connectivity index (χ2v) is 4.42. The zero-order valence-electron chi connectivity index (χ0n) is 9.21. The minimum absolute atomic E-state index is 0.0471. The summed E-state index contributed by atoms with van der Waals surface area (Å²) >= 11 is 0. The molecule has 2 atom stereocenters. The number of methoxy groups -OCH3 is 1. The molecule has 2 fully saturated rings. The van der Waals surface area contributed by atoms with E-state index in [-0.39, 0.29) is 18.4 Å². The van der Waals surface area contributed by atoms with Crippen molar-refractivity contribution in [3.8, 4) is 0 Å². The monoisotopic (exact) mass is 234 g/mol. The predicted molar refractivity (Wildman–Crippen MR) is 53.3 cm³/mol. The molecule has 0 saturated carbocycles. The Balaban J connectivity index is 1.89. The van der Waals surface area contributed by atoms with Crippen molar-refractivity contribution in [3.05, 3.63) is 0 Å². The van der Waals surface area contributed by atoms with E-state index in [9.17, 15) is 13.6 Å². The van der Waals surface area contributed by atoms with Crippen LogP contribution in [0.4, 0.5) is 8.78 Å². The highest BCUT2D eigenvalue weighted by atomic mass is 19.3. The third kappa shape index (κ3) is 2.32. The van der Waals surface area contributed by atoms with Crippen LogP contribution in [0.3, 0.4) is 0 Å². The van der Waals surface area contributed by atoms with Crippen molar-refractivity contribution < 1.29 is 18.3 Å². The van der Waals surface area contributed by atoms with Crippen LogP contribution in [0.5, 0.6) is 0 Å². The number of nitrogens with zero attached hydrogens (tertiary/aromatic N) is 1. The first-order valence-corrected chi connectivity index (χ1v) is 5.44. The summed E-state index contributed by atoms with van der Waals surface area (Å²) in [5.41, 5.74) is 0. The lowest BCUT2D eigenvalue weighted by molar-refractivity contribution is -0.133. The summed E-state index contributed by atoms with van der Waals surface area (Å²) in [6, 6.07) is -0.731. The zero-order chi connectivity index (χ0) is 11.8. The number of likely N-dealkylation sites (tertiary alicyclic amines) is 1. The molecule has 0 spiro atoms. The van der Waals surface area contributed by atoms with Gasteiger partial charge < -0.3 is 9.64 Å². The van der Waals surface area contributed by atoms with Gasteiger partial charge in [-0.25, -0.2) is 8.78 Å². The number of carbonyl (C=O) groups is 1. The van der Waals surface area contributed by atoms with Crippen LogP contribution >= 0.6 is 0 Å². The van der Waals surface area contributed by atoms with Gasteiger partial charge in [-0.1, -0.05) is 0 Å². The fraction of sp³-hybridized carbons (Fsp3) is 0.900. The minimum Gasteiger partial charge on any atom is -0.380 e. The van der Waals surface area contributed by atoms with E-state index in [0.29, 0.717) is 13.1 Å². The molecule has 0 bridgehead atoms. The standard InChI is InChI=1S/C10H16F2N2O2/c1-16-7-2-3-14(5-7)9(15)8-4-10(11,12)6-13-8/h7-8,13H,2-6H2,1H3/t7-,8?/m0/s1. The topological polar surface area (TPSA) is 41.6 Å². The molecule has 6 heteroatoms. The summed E-state index contributed by atoms with van der Waals surface area (Å²) in [6.07, 6.45) is 0.441. The summed E-state index contributed by atoms with van der Waals surface area (Å²) in [5.74, 6) is -2.97. The van der Waals surface area contributed by atoms with Gasteiger partial charge in [-0.2, -0.15) is 0 Å². The molecule has 2 saturated heterocycles. The first-order valence-electron chi connectivity index (χ1n) is 5.44. The van der Waals surface area contributed by atoms with E-state index in [1.54, 1.807) is 12.0 Å². The van der Waals surface area contributed by atoms with Gasteiger partial charge in [0, 0.05) is 26.6 Å². The smallest absolute Gasteiger partial charge is 0.262 e. The SMILES string of the molecule is CO[C@H]1CCN(C(=O)C2CC(F)(F)CN2)C1.